The first kappa shape index (κ1) is 9.96. The third kappa shape index (κ3) is 3.52. The van der Waals surface area contributed by atoms with Crippen LogP contribution in [-0.4, -0.2) is 47.5 Å². The minimum atomic E-state index is -0.553. The minimum Gasteiger partial charge on any atom is -0.394 e. The first-order valence-electron chi connectivity index (χ1n) is 4.84. The lowest BCUT2D eigenvalue weighted by Gasteiger charge is -2.21. The highest BCUT2D eigenvalue weighted by Gasteiger charge is 2.12. The van der Waals surface area contributed by atoms with Crippen molar-refractivity contribution in [2.75, 3.05) is 26.2 Å². The van der Waals surface area contributed by atoms with Gasteiger partial charge in [0, 0.05) is 6.54 Å². The fourth-order valence-corrected chi connectivity index (χ4v) is 1.67. The van der Waals surface area contributed by atoms with Crippen molar-refractivity contribution in [2.45, 2.75) is 31.8 Å². The maximum atomic E-state index is 9.21. The van der Waals surface area contributed by atoms with Crippen LogP contribution in [0, 0.1) is 0 Å². The number of likely N-dealkylation sites (tertiary alicyclic amines) is 1. The standard InChI is InChI=1S/C9H19NO2/c11-8-9(12)7-10-5-3-1-2-4-6-10/h9,11-12H,1-8H2. The molecular weight excluding hydrogens is 154 g/mol. The molecule has 12 heavy (non-hydrogen) atoms. The van der Waals surface area contributed by atoms with Crippen molar-refractivity contribution < 1.29 is 10.2 Å². The molecule has 2 N–H and O–H groups in total. The van der Waals surface area contributed by atoms with Crippen molar-refractivity contribution in [1.29, 1.82) is 0 Å². The highest BCUT2D eigenvalue weighted by Crippen LogP contribution is 2.09. The number of hydrogen-bond donors (Lipinski definition) is 2. The third-order valence-corrected chi connectivity index (χ3v) is 2.38. The lowest BCUT2D eigenvalue weighted by molar-refractivity contribution is 0.0602. The first-order chi connectivity index (χ1) is 5.83. The van der Waals surface area contributed by atoms with Crippen molar-refractivity contribution in [2.24, 2.45) is 0 Å². The molecule has 1 rings (SSSR count). The molecule has 1 fully saturated rings. The van der Waals surface area contributed by atoms with Gasteiger partial charge in [-0.3, -0.25) is 0 Å². The molecule has 0 bridgehead atoms. The van der Waals surface area contributed by atoms with Crippen LogP contribution in [0.2, 0.25) is 0 Å². The largest absolute Gasteiger partial charge is 0.394 e. The van der Waals surface area contributed by atoms with E-state index in [-0.39, 0.29) is 6.61 Å². The number of aliphatic hydroxyl groups excluding tert-OH is 2. The van der Waals surface area contributed by atoms with Crippen molar-refractivity contribution >= 4 is 0 Å². The van der Waals surface area contributed by atoms with Gasteiger partial charge in [-0.05, 0) is 25.9 Å². The Balaban J connectivity index is 2.20. The van der Waals surface area contributed by atoms with Gasteiger partial charge in [0.2, 0.25) is 0 Å². The predicted octanol–water partition coefficient (Wildman–Crippen LogP) is 0.216. The summed E-state index contributed by atoms with van der Waals surface area (Å²) in [4.78, 5) is 2.24. The Kier molecular flexibility index (Phi) is 4.58. The second kappa shape index (κ2) is 5.51. The summed E-state index contributed by atoms with van der Waals surface area (Å²) in [7, 11) is 0. The van der Waals surface area contributed by atoms with E-state index in [0.717, 1.165) is 13.1 Å². The Bertz CT molecular complexity index is 111. The molecule has 1 atom stereocenters. The van der Waals surface area contributed by atoms with E-state index in [1.807, 2.05) is 0 Å². The van der Waals surface area contributed by atoms with Gasteiger partial charge in [-0.1, -0.05) is 12.8 Å². The Hall–Kier alpha value is -0.120. The van der Waals surface area contributed by atoms with Crippen LogP contribution < -0.4 is 0 Å². The summed E-state index contributed by atoms with van der Waals surface area (Å²) >= 11 is 0. The van der Waals surface area contributed by atoms with Crippen LogP contribution in [0.25, 0.3) is 0 Å². The summed E-state index contributed by atoms with van der Waals surface area (Å²) in [6.07, 6.45) is 4.54. The average Bonchev–Trinajstić information content (AvgIpc) is 2.33. The second-order valence-corrected chi connectivity index (χ2v) is 3.55. The van der Waals surface area contributed by atoms with Gasteiger partial charge in [0.1, 0.15) is 0 Å². The van der Waals surface area contributed by atoms with Crippen LogP contribution >= 0.6 is 0 Å². The first-order valence-corrected chi connectivity index (χ1v) is 4.84. The second-order valence-electron chi connectivity index (χ2n) is 3.55. The molecule has 1 aliphatic rings. The molecule has 3 nitrogen and oxygen atoms in total. The van der Waals surface area contributed by atoms with Crippen molar-refractivity contribution in [3.8, 4) is 0 Å². The van der Waals surface area contributed by atoms with E-state index in [4.69, 9.17) is 5.11 Å². The van der Waals surface area contributed by atoms with Crippen LogP contribution in [0.3, 0.4) is 0 Å². The van der Waals surface area contributed by atoms with Gasteiger partial charge in [0.05, 0.1) is 12.7 Å². The van der Waals surface area contributed by atoms with E-state index in [9.17, 15) is 5.11 Å². The van der Waals surface area contributed by atoms with E-state index in [1.54, 1.807) is 0 Å². The number of hydrogen-bond acceptors (Lipinski definition) is 3. The molecule has 0 aromatic heterocycles. The highest BCUT2D eigenvalue weighted by atomic mass is 16.3. The zero-order valence-electron chi connectivity index (χ0n) is 7.58. The molecule has 3 heteroatoms. The lowest BCUT2D eigenvalue weighted by atomic mass is 10.2. The maximum absolute atomic E-state index is 9.21. The normalized spacial score (nSPS) is 23.5. The van der Waals surface area contributed by atoms with Gasteiger partial charge in [-0.15, -0.1) is 0 Å². The molecule has 0 radical (unpaired) electrons. The topological polar surface area (TPSA) is 43.7 Å². The SMILES string of the molecule is OCC(O)CN1CCCCCC1. The Morgan fingerprint density at radius 1 is 1.08 bits per heavy atom. The summed E-state index contributed by atoms with van der Waals surface area (Å²) in [5.41, 5.74) is 0. The molecule has 1 unspecified atom stereocenters. The van der Waals surface area contributed by atoms with E-state index in [2.05, 4.69) is 4.90 Å². The van der Waals surface area contributed by atoms with Crippen LogP contribution in [0.5, 0.6) is 0 Å². The maximum Gasteiger partial charge on any atom is 0.0897 e. The molecule has 1 heterocycles. The van der Waals surface area contributed by atoms with E-state index in [0.29, 0.717) is 6.54 Å². The van der Waals surface area contributed by atoms with Crippen LogP contribution in [0.1, 0.15) is 25.7 Å². The Morgan fingerprint density at radius 3 is 2.17 bits per heavy atom. The van der Waals surface area contributed by atoms with Gasteiger partial charge in [-0.2, -0.15) is 0 Å². The molecule has 0 saturated carbocycles. The Labute approximate surface area is 74.0 Å². The van der Waals surface area contributed by atoms with Gasteiger partial charge in [0.15, 0.2) is 0 Å². The minimum absolute atomic E-state index is 0.115. The summed E-state index contributed by atoms with van der Waals surface area (Å²) < 4.78 is 0. The van der Waals surface area contributed by atoms with E-state index < -0.39 is 6.10 Å². The predicted molar refractivity (Wildman–Crippen MR) is 48.0 cm³/mol. The van der Waals surface area contributed by atoms with Crippen LogP contribution in [0.15, 0.2) is 0 Å². The lowest BCUT2D eigenvalue weighted by Crippen LogP contribution is -2.34. The molecule has 0 amide bonds. The van der Waals surface area contributed by atoms with Gasteiger partial charge in [-0.25, -0.2) is 0 Å². The zero-order chi connectivity index (χ0) is 8.81. The van der Waals surface area contributed by atoms with Crippen molar-refractivity contribution in [3.63, 3.8) is 0 Å². The Morgan fingerprint density at radius 2 is 1.67 bits per heavy atom. The van der Waals surface area contributed by atoms with Crippen molar-refractivity contribution in [1.82, 2.24) is 4.90 Å². The molecule has 0 aliphatic carbocycles. The number of β-amino-alcohol motifs (C(OH)–C–C–N with tert-alkyl or cyclic N) is 1. The molecule has 72 valence electrons. The summed E-state index contributed by atoms with van der Waals surface area (Å²) in [5, 5.41) is 17.9. The smallest absolute Gasteiger partial charge is 0.0897 e. The fraction of sp³-hybridized carbons (Fsp3) is 1.00. The van der Waals surface area contributed by atoms with Crippen LogP contribution in [0.4, 0.5) is 0 Å². The zero-order valence-corrected chi connectivity index (χ0v) is 7.58. The third-order valence-electron chi connectivity index (χ3n) is 2.38. The molecule has 1 saturated heterocycles. The van der Waals surface area contributed by atoms with Crippen molar-refractivity contribution in [3.05, 3.63) is 0 Å². The molecule has 0 aromatic rings. The monoisotopic (exact) mass is 173 g/mol. The molecule has 0 spiro atoms. The average molecular weight is 173 g/mol. The summed E-state index contributed by atoms with van der Waals surface area (Å²) in [6, 6.07) is 0. The molecular formula is C9H19NO2. The number of nitrogens with zero attached hydrogens (tertiary/aromatic N) is 1. The van der Waals surface area contributed by atoms with Gasteiger partial charge in [0.25, 0.3) is 0 Å². The summed E-state index contributed by atoms with van der Waals surface area (Å²) in [6.45, 7) is 2.68. The fourth-order valence-electron chi connectivity index (χ4n) is 1.67. The number of rotatable bonds is 3. The summed E-state index contributed by atoms with van der Waals surface area (Å²) in [5.74, 6) is 0. The molecule has 1 aliphatic heterocycles. The van der Waals surface area contributed by atoms with Gasteiger partial charge < -0.3 is 15.1 Å². The quantitative estimate of drug-likeness (QED) is 0.641. The van der Waals surface area contributed by atoms with E-state index in [1.165, 1.54) is 25.7 Å². The van der Waals surface area contributed by atoms with Gasteiger partial charge >= 0.3 is 0 Å². The van der Waals surface area contributed by atoms with E-state index >= 15 is 0 Å². The van der Waals surface area contributed by atoms with Crippen LogP contribution in [-0.2, 0) is 0 Å². The molecule has 0 aromatic carbocycles. The number of aliphatic hydroxyl groups is 2. The highest BCUT2D eigenvalue weighted by molar-refractivity contribution is 4.66.